The number of amides is 1. The number of oxazole rings is 1. The van der Waals surface area contributed by atoms with Gasteiger partial charge in [-0.05, 0) is 43.4 Å². The third kappa shape index (κ3) is 6.54. The quantitative estimate of drug-likeness (QED) is 0.453. The number of nitrogens with two attached hydrogens (primary N) is 2. The van der Waals surface area contributed by atoms with Crippen molar-refractivity contribution >= 4 is 5.91 Å². The van der Waals surface area contributed by atoms with Crippen LogP contribution in [0.15, 0.2) is 71.3 Å². The number of carbonyl (C=O) groups excluding carboxylic acids is 1. The monoisotopic (exact) mass is 406 g/mol. The number of hydrogen-bond acceptors (Lipinski definition) is 5. The summed E-state index contributed by atoms with van der Waals surface area (Å²) in [5, 5.41) is 3.03. The molecule has 0 aliphatic carbocycles. The average molecular weight is 407 g/mol. The molecule has 0 bridgehead atoms. The third-order valence-electron chi connectivity index (χ3n) is 5.03. The van der Waals surface area contributed by atoms with Gasteiger partial charge >= 0.3 is 0 Å². The maximum atomic E-state index is 12.6. The van der Waals surface area contributed by atoms with Crippen molar-refractivity contribution in [1.82, 2.24) is 10.3 Å². The van der Waals surface area contributed by atoms with Gasteiger partial charge in [0.25, 0.3) is 0 Å². The second-order valence-electron chi connectivity index (χ2n) is 7.46. The molecule has 2 aromatic carbocycles. The van der Waals surface area contributed by atoms with Crippen LogP contribution in [0.3, 0.4) is 0 Å². The van der Waals surface area contributed by atoms with E-state index in [1.165, 1.54) is 5.56 Å². The van der Waals surface area contributed by atoms with Gasteiger partial charge in [-0.2, -0.15) is 0 Å². The lowest BCUT2D eigenvalue weighted by Crippen LogP contribution is -2.42. The first-order chi connectivity index (χ1) is 14.7. The molecular formula is C24H30N4O2. The van der Waals surface area contributed by atoms with Gasteiger partial charge < -0.3 is 21.2 Å². The fourth-order valence-electron chi connectivity index (χ4n) is 3.33. The molecule has 0 aliphatic rings. The summed E-state index contributed by atoms with van der Waals surface area (Å²) < 4.78 is 5.76. The molecule has 0 saturated heterocycles. The Morgan fingerprint density at radius 3 is 2.33 bits per heavy atom. The van der Waals surface area contributed by atoms with Crippen LogP contribution in [-0.4, -0.2) is 23.5 Å². The summed E-state index contributed by atoms with van der Waals surface area (Å²) in [6.45, 7) is 0.515. The smallest absolute Gasteiger partial charge is 0.237 e. The van der Waals surface area contributed by atoms with Crippen molar-refractivity contribution in [2.24, 2.45) is 11.5 Å². The number of nitrogens with zero attached hydrogens (tertiary/aromatic N) is 1. The van der Waals surface area contributed by atoms with Crippen LogP contribution in [0.5, 0.6) is 0 Å². The molecule has 1 heterocycles. The fraction of sp³-hybridized carbons (Fsp3) is 0.333. The number of aromatic nitrogens is 1. The highest BCUT2D eigenvalue weighted by Gasteiger charge is 2.23. The van der Waals surface area contributed by atoms with Crippen LogP contribution in [0.1, 0.15) is 48.0 Å². The zero-order valence-corrected chi connectivity index (χ0v) is 17.2. The number of rotatable bonds is 11. The first-order valence-corrected chi connectivity index (χ1v) is 10.4. The van der Waals surface area contributed by atoms with E-state index in [2.05, 4.69) is 34.6 Å². The molecular weight excluding hydrogens is 376 g/mol. The maximum absolute atomic E-state index is 12.6. The van der Waals surface area contributed by atoms with E-state index in [1.807, 2.05) is 36.4 Å². The lowest BCUT2D eigenvalue weighted by atomic mass is 10.0. The Bertz CT molecular complexity index is 896. The van der Waals surface area contributed by atoms with Crippen molar-refractivity contribution < 1.29 is 9.21 Å². The molecule has 30 heavy (non-hydrogen) atoms. The molecule has 1 amide bonds. The van der Waals surface area contributed by atoms with Crippen molar-refractivity contribution in [3.05, 3.63) is 89.6 Å². The van der Waals surface area contributed by atoms with E-state index in [-0.39, 0.29) is 11.9 Å². The molecule has 5 N–H and O–H groups in total. The predicted molar refractivity (Wildman–Crippen MR) is 118 cm³/mol. The molecule has 2 atom stereocenters. The maximum Gasteiger partial charge on any atom is 0.237 e. The molecule has 1 aromatic heterocycles. The van der Waals surface area contributed by atoms with Gasteiger partial charge in [0, 0.05) is 6.42 Å². The normalized spacial score (nSPS) is 13.0. The van der Waals surface area contributed by atoms with Crippen molar-refractivity contribution in [3.8, 4) is 0 Å². The Morgan fingerprint density at radius 1 is 1.00 bits per heavy atom. The lowest BCUT2D eigenvalue weighted by Gasteiger charge is -2.19. The second kappa shape index (κ2) is 11.3. The van der Waals surface area contributed by atoms with E-state index in [0.29, 0.717) is 38.1 Å². The molecule has 158 valence electrons. The molecule has 3 aromatic rings. The molecule has 6 nitrogen and oxygen atoms in total. The Hall–Kier alpha value is -2.96. The van der Waals surface area contributed by atoms with Crippen LogP contribution in [0.2, 0.25) is 0 Å². The van der Waals surface area contributed by atoms with E-state index in [9.17, 15) is 4.79 Å². The van der Waals surface area contributed by atoms with Gasteiger partial charge in [0.1, 0.15) is 12.3 Å². The Labute approximate surface area is 177 Å². The standard InChI is InChI=1S/C24H30N4O2/c25-15-7-12-21(26)23(29)28-22(14-13-18-8-3-1-4-9-18)24-27-20(17-30-24)16-19-10-5-2-6-11-19/h1-6,8-11,17,21-22H,7,12-16,25-26H2,(H,28,29). The summed E-state index contributed by atoms with van der Waals surface area (Å²) in [5.41, 5.74) is 14.7. The van der Waals surface area contributed by atoms with Gasteiger partial charge in [-0.1, -0.05) is 60.7 Å². The molecule has 2 unspecified atom stereocenters. The highest BCUT2D eigenvalue weighted by atomic mass is 16.3. The molecule has 0 spiro atoms. The highest BCUT2D eigenvalue weighted by molar-refractivity contribution is 5.81. The molecule has 0 aliphatic heterocycles. The SMILES string of the molecule is NCCCC(N)C(=O)NC(CCc1ccccc1)c1nc(Cc2ccccc2)co1. The van der Waals surface area contributed by atoms with Gasteiger partial charge in [0.2, 0.25) is 11.8 Å². The van der Waals surface area contributed by atoms with Gasteiger partial charge in [-0.15, -0.1) is 0 Å². The van der Waals surface area contributed by atoms with Gasteiger partial charge in [-0.25, -0.2) is 4.98 Å². The number of aryl methyl sites for hydroxylation is 1. The van der Waals surface area contributed by atoms with E-state index >= 15 is 0 Å². The number of hydrogen-bond donors (Lipinski definition) is 3. The molecule has 0 saturated carbocycles. The Kier molecular flexibility index (Phi) is 8.18. The fourth-order valence-corrected chi connectivity index (χ4v) is 3.33. The van der Waals surface area contributed by atoms with Crippen molar-refractivity contribution in [3.63, 3.8) is 0 Å². The highest BCUT2D eigenvalue weighted by Crippen LogP contribution is 2.21. The average Bonchev–Trinajstić information content (AvgIpc) is 3.24. The minimum absolute atomic E-state index is 0.204. The summed E-state index contributed by atoms with van der Waals surface area (Å²) in [7, 11) is 0. The summed E-state index contributed by atoms with van der Waals surface area (Å²) in [6, 6.07) is 19.3. The van der Waals surface area contributed by atoms with Crippen molar-refractivity contribution in [1.29, 1.82) is 0 Å². The summed E-state index contributed by atoms with van der Waals surface area (Å²) in [4.78, 5) is 17.2. The second-order valence-corrected chi connectivity index (χ2v) is 7.46. The van der Waals surface area contributed by atoms with E-state index in [4.69, 9.17) is 15.9 Å². The Morgan fingerprint density at radius 2 is 1.67 bits per heavy atom. The lowest BCUT2D eigenvalue weighted by molar-refractivity contribution is -0.123. The summed E-state index contributed by atoms with van der Waals surface area (Å²) in [5.74, 6) is 0.306. The molecule has 0 fully saturated rings. The first-order valence-electron chi connectivity index (χ1n) is 10.4. The van der Waals surface area contributed by atoms with E-state index in [0.717, 1.165) is 17.7 Å². The van der Waals surface area contributed by atoms with Crippen LogP contribution < -0.4 is 16.8 Å². The largest absolute Gasteiger partial charge is 0.446 e. The van der Waals surface area contributed by atoms with Crippen molar-refractivity contribution in [2.75, 3.05) is 6.54 Å². The Balaban J connectivity index is 1.70. The minimum atomic E-state index is -0.591. The number of nitrogens with one attached hydrogen (secondary N) is 1. The minimum Gasteiger partial charge on any atom is -0.446 e. The predicted octanol–water partition coefficient (Wildman–Crippen LogP) is 3.12. The van der Waals surface area contributed by atoms with Crippen LogP contribution in [0.4, 0.5) is 0 Å². The van der Waals surface area contributed by atoms with Crippen molar-refractivity contribution in [2.45, 2.75) is 44.2 Å². The van der Waals surface area contributed by atoms with Crippen LogP contribution >= 0.6 is 0 Å². The van der Waals surface area contributed by atoms with Crippen LogP contribution in [-0.2, 0) is 17.6 Å². The first kappa shape index (κ1) is 21.7. The summed E-state index contributed by atoms with van der Waals surface area (Å²) >= 11 is 0. The van der Waals surface area contributed by atoms with Crippen LogP contribution in [0.25, 0.3) is 0 Å². The summed E-state index contributed by atoms with van der Waals surface area (Å²) in [6.07, 6.45) is 5.07. The zero-order chi connectivity index (χ0) is 21.2. The molecule has 3 rings (SSSR count). The molecule has 0 radical (unpaired) electrons. The molecule has 6 heteroatoms. The van der Waals surface area contributed by atoms with E-state index in [1.54, 1.807) is 6.26 Å². The van der Waals surface area contributed by atoms with Gasteiger partial charge in [0.15, 0.2) is 0 Å². The van der Waals surface area contributed by atoms with Gasteiger partial charge in [0.05, 0.1) is 11.7 Å². The number of carbonyl (C=O) groups is 1. The number of benzene rings is 2. The third-order valence-corrected chi connectivity index (χ3v) is 5.03. The zero-order valence-electron chi connectivity index (χ0n) is 17.2. The van der Waals surface area contributed by atoms with Crippen LogP contribution in [0, 0.1) is 0 Å². The topological polar surface area (TPSA) is 107 Å². The van der Waals surface area contributed by atoms with Gasteiger partial charge in [-0.3, -0.25) is 4.79 Å². The van der Waals surface area contributed by atoms with E-state index < -0.39 is 6.04 Å².